The highest BCUT2D eigenvalue weighted by Gasteiger charge is 2.63. The van der Waals surface area contributed by atoms with Crippen molar-refractivity contribution in [1.29, 1.82) is 0 Å². The van der Waals surface area contributed by atoms with Gasteiger partial charge in [0.1, 0.15) is 12.1 Å². The molecule has 0 heterocycles. The van der Waals surface area contributed by atoms with Gasteiger partial charge in [-0.1, -0.05) is 105 Å². The first-order valence-electron chi connectivity index (χ1n) is 13.9. The van der Waals surface area contributed by atoms with Crippen molar-refractivity contribution < 1.29 is 41.1 Å². The van der Waals surface area contributed by atoms with Crippen molar-refractivity contribution in [1.82, 2.24) is 10.6 Å². The largest absolute Gasteiger partial charge is 0.464 e. The minimum atomic E-state index is -6.10. The lowest BCUT2D eigenvalue weighted by molar-refractivity contribution is -0.270. The highest BCUT2D eigenvalue weighted by Crippen LogP contribution is 2.35. The molecule has 224 valence electrons. The van der Waals surface area contributed by atoms with Gasteiger partial charge >= 0.3 is 24.0 Å². The normalized spacial score (nSPS) is 13.9. The maximum absolute atomic E-state index is 13.3. The summed E-state index contributed by atoms with van der Waals surface area (Å²) in [6.07, 6.45) is 7.69. The lowest BCUT2D eigenvalue weighted by Gasteiger charge is -2.28. The van der Waals surface area contributed by atoms with Gasteiger partial charge in [-0.3, -0.25) is 9.59 Å². The van der Waals surface area contributed by atoms with Crippen LogP contribution >= 0.6 is 0 Å². The first-order valence-corrected chi connectivity index (χ1v) is 13.9. The summed E-state index contributed by atoms with van der Waals surface area (Å²) in [4.78, 5) is 36.8. The number of hydrogen-bond acceptors (Lipinski definition) is 4. The Morgan fingerprint density at radius 3 is 1.47 bits per heavy atom. The van der Waals surface area contributed by atoms with Crippen LogP contribution in [-0.4, -0.2) is 48.6 Å². The number of unbranched alkanes of at least 4 members (excludes halogenated alkanes) is 11. The second-order valence-electron chi connectivity index (χ2n) is 10.6. The zero-order valence-electron chi connectivity index (χ0n) is 23.5. The lowest BCUT2D eigenvalue weighted by Crippen LogP contribution is -2.59. The summed E-state index contributed by atoms with van der Waals surface area (Å²) in [5, 5.41) is 3.80. The number of nitrogens with one attached hydrogen (secondary N) is 2. The molecule has 0 fully saturated rings. The van der Waals surface area contributed by atoms with Gasteiger partial charge in [0.25, 0.3) is 0 Å². The molecule has 2 N–H and O–H groups in total. The van der Waals surface area contributed by atoms with E-state index in [1.807, 2.05) is 0 Å². The summed E-state index contributed by atoms with van der Waals surface area (Å²) in [6, 6.07) is -2.86. The number of amides is 2. The van der Waals surface area contributed by atoms with Crippen molar-refractivity contribution in [2.45, 2.75) is 136 Å². The van der Waals surface area contributed by atoms with Crippen LogP contribution in [0.25, 0.3) is 0 Å². The van der Waals surface area contributed by atoms with Crippen molar-refractivity contribution in [2.75, 3.05) is 6.61 Å². The van der Waals surface area contributed by atoms with E-state index < -0.39 is 53.8 Å². The first-order chi connectivity index (χ1) is 17.7. The molecule has 0 aromatic rings. The minimum Gasteiger partial charge on any atom is -0.464 e. The van der Waals surface area contributed by atoms with Crippen molar-refractivity contribution >= 4 is 17.8 Å². The topological polar surface area (TPSA) is 84.5 Å². The Kier molecular flexibility index (Phi) is 17.4. The van der Waals surface area contributed by atoms with Crippen LogP contribution in [0, 0.1) is 11.8 Å². The molecule has 2 unspecified atom stereocenters. The Bertz CT molecular complexity index is 699. The van der Waals surface area contributed by atoms with Crippen LogP contribution < -0.4 is 10.6 Å². The number of carbonyl (C=O) groups is 3. The van der Waals surface area contributed by atoms with Crippen LogP contribution in [0.1, 0.15) is 112 Å². The average molecular weight is 559 g/mol. The van der Waals surface area contributed by atoms with E-state index in [0.717, 1.165) is 19.3 Å². The molecule has 11 heteroatoms. The van der Waals surface area contributed by atoms with E-state index >= 15 is 0 Å². The van der Waals surface area contributed by atoms with Gasteiger partial charge in [0.05, 0.1) is 6.61 Å². The van der Waals surface area contributed by atoms with Crippen molar-refractivity contribution in [2.24, 2.45) is 11.8 Å². The molecule has 0 saturated heterocycles. The predicted molar refractivity (Wildman–Crippen MR) is 137 cm³/mol. The lowest BCUT2D eigenvalue weighted by atomic mass is 10.00. The summed E-state index contributed by atoms with van der Waals surface area (Å²) in [5.41, 5.74) is 0. The molecule has 0 aliphatic heterocycles. The van der Waals surface area contributed by atoms with Gasteiger partial charge in [0, 0.05) is 0 Å². The van der Waals surface area contributed by atoms with E-state index in [2.05, 4.69) is 12.2 Å². The molecule has 0 saturated carbocycles. The van der Waals surface area contributed by atoms with Gasteiger partial charge in [0.2, 0.25) is 5.91 Å². The van der Waals surface area contributed by atoms with E-state index in [0.29, 0.717) is 6.42 Å². The molecule has 0 rings (SSSR count). The Labute approximate surface area is 224 Å². The second-order valence-corrected chi connectivity index (χ2v) is 10.6. The van der Waals surface area contributed by atoms with Gasteiger partial charge in [0.15, 0.2) is 0 Å². The fourth-order valence-corrected chi connectivity index (χ4v) is 3.84. The van der Waals surface area contributed by atoms with E-state index in [1.54, 1.807) is 13.8 Å². The van der Waals surface area contributed by atoms with Gasteiger partial charge in [-0.15, -0.1) is 0 Å². The van der Waals surface area contributed by atoms with Crippen LogP contribution in [0.5, 0.6) is 0 Å². The summed E-state index contributed by atoms with van der Waals surface area (Å²) in [7, 11) is 0. The Hall–Kier alpha value is -1.94. The highest BCUT2D eigenvalue weighted by atomic mass is 19.4. The maximum atomic E-state index is 13.3. The minimum absolute atomic E-state index is 0.150. The molecule has 38 heavy (non-hydrogen) atoms. The molecule has 0 radical (unpaired) electrons. The smallest absolute Gasteiger partial charge is 0.463 e. The van der Waals surface area contributed by atoms with E-state index in [-0.39, 0.29) is 6.61 Å². The molecule has 0 spiro atoms. The molecule has 2 atom stereocenters. The van der Waals surface area contributed by atoms with Crippen LogP contribution in [-0.2, 0) is 19.1 Å². The average Bonchev–Trinajstić information content (AvgIpc) is 2.82. The Morgan fingerprint density at radius 2 is 1.08 bits per heavy atom. The van der Waals surface area contributed by atoms with Crippen LogP contribution in [0.3, 0.4) is 0 Å². The van der Waals surface area contributed by atoms with Crippen molar-refractivity contribution in [3.05, 3.63) is 0 Å². The number of esters is 1. The molecular weight excluding hydrogens is 511 g/mol. The number of alkyl halides is 5. The molecule has 0 bridgehead atoms. The van der Waals surface area contributed by atoms with Crippen molar-refractivity contribution in [3.8, 4) is 0 Å². The maximum Gasteiger partial charge on any atom is 0.463 e. The van der Waals surface area contributed by atoms with Crippen LogP contribution in [0.15, 0.2) is 0 Å². The van der Waals surface area contributed by atoms with Crippen LogP contribution in [0.2, 0.25) is 0 Å². The fourth-order valence-electron chi connectivity index (χ4n) is 3.84. The molecular formula is C27H47F5N2O4. The number of hydrogen-bond donors (Lipinski definition) is 2. The number of carbonyl (C=O) groups excluding carboxylic acids is 3. The van der Waals surface area contributed by atoms with E-state index in [1.165, 1.54) is 70.5 Å². The van der Waals surface area contributed by atoms with Crippen molar-refractivity contribution in [3.63, 3.8) is 0 Å². The molecule has 0 aliphatic rings. The standard InChI is InChI=1S/C27H47F5N2O4/c1-6-7-8-9-10-11-12-13-14-15-16-17-18-38-24(36)22(20(4)5)33-23(35)21(19(2)3)34-25(37)26(28,29)27(30,31)32/h19-22H,6-18H2,1-5H3,(H,33,35)(H,34,37). The summed E-state index contributed by atoms with van der Waals surface area (Å²) in [5.74, 6) is -11.3. The predicted octanol–water partition coefficient (Wildman–Crippen LogP) is 6.71. The number of halogens is 5. The fraction of sp³-hybridized carbons (Fsp3) is 0.889. The van der Waals surface area contributed by atoms with Gasteiger partial charge < -0.3 is 15.4 Å². The van der Waals surface area contributed by atoms with E-state index in [9.17, 15) is 36.3 Å². The monoisotopic (exact) mass is 558 g/mol. The zero-order chi connectivity index (χ0) is 29.4. The van der Waals surface area contributed by atoms with Gasteiger partial charge in [-0.25, -0.2) is 4.79 Å². The molecule has 6 nitrogen and oxygen atoms in total. The SMILES string of the molecule is CCCCCCCCCCCCCCOC(=O)C(NC(=O)C(NC(=O)C(F)(F)C(F)(F)F)C(C)C)C(C)C. The molecule has 0 aliphatic carbocycles. The molecule has 0 aromatic carbocycles. The van der Waals surface area contributed by atoms with Gasteiger partial charge in [-0.05, 0) is 18.3 Å². The second kappa shape index (κ2) is 18.4. The third kappa shape index (κ3) is 13.7. The number of rotatable bonds is 20. The first kappa shape index (κ1) is 36.1. The molecule has 2 amide bonds. The Balaban J connectivity index is 4.54. The quantitative estimate of drug-likeness (QED) is 0.0988. The number of ether oxygens (including phenoxy) is 1. The zero-order valence-corrected chi connectivity index (χ0v) is 23.5. The highest BCUT2D eigenvalue weighted by molar-refractivity contribution is 5.93. The summed E-state index contributed by atoms with van der Waals surface area (Å²) >= 11 is 0. The summed E-state index contributed by atoms with van der Waals surface area (Å²) in [6.45, 7) is 8.33. The molecule has 0 aromatic heterocycles. The van der Waals surface area contributed by atoms with Crippen LogP contribution in [0.4, 0.5) is 22.0 Å². The third-order valence-corrected chi connectivity index (χ3v) is 6.34. The Morgan fingerprint density at radius 1 is 0.658 bits per heavy atom. The summed E-state index contributed by atoms with van der Waals surface area (Å²) < 4.78 is 69.5. The third-order valence-electron chi connectivity index (χ3n) is 6.34. The van der Waals surface area contributed by atoms with E-state index in [4.69, 9.17) is 4.74 Å². The van der Waals surface area contributed by atoms with Gasteiger partial charge in [-0.2, -0.15) is 22.0 Å².